The van der Waals surface area contributed by atoms with Crippen molar-refractivity contribution < 1.29 is 14.7 Å². The van der Waals surface area contributed by atoms with Crippen molar-refractivity contribution in [3.8, 4) is 11.4 Å². The standard InChI is InChI=1S/C18H15ClN4O3S/c19-14-4-2-1-3-13(14)17-21-18(23-22-17)27-10-15(24)20-12-7-5-11(6-8-12)9-16(25)26/h1-8H,9-10H2,(H,20,24)(H,25,26)(H,21,22,23). The number of hydrogen-bond acceptors (Lipinski definition) is 5. The van der Waals surface area contributed by atoms with Gasteiger partial charge in [0.05, 0.1) is 17.2 Å². The van der Waals surface area contributed by atoms with Crippen molar-refractivity contribution in [3.05, 3.63) is 59.1 Å². The van der Waals surface area contributed by atoms with Gasteiger partial charge in [-0.3, -0.25) is 14.7 Å². The molecular weight excluding hydrogens is 388 g/mol. The molecule has 0 spiro atoms. The third-order valence-electron chi connectivity index (χ3n) is 3.52. The van der Waals surface area contributed by atoms with Gasteiger partial charge in [0.25, 0.3) is 0 Å². The molecule has 0 fully saturated rings. The van der Waals surface area contributed by atoms with E-state index in [9.17, 15) is 9.59 Å². The molecule has 3 aromatic rings. The zero-order valence-corrected chi connectivity index (χ0v) is 15.5. The third kappa shape index (κ3) is 5.32. The van der Waals surface area contributed by atoms with Crippen LogP contribution in [0, 0.1) is 0 Å². The number of aromatic amines is 1. The van der Waals surface area contributed by atoms with Crippen molar-refractivity contribution in [1.82, 2.24) is 15.2 Å². The van der Waals surface area contributed by atoms with Crippen molar-refractivity contribution in [3.63, 3.8) is 0 Å². The molecule has 1 heterocycles. The van der Waals surface area contributed by atoms with Crippen LogP contribution in [0.3, 0.4) is 0 Å². The number of halogens is 1. The van der Waals surface area contributed by atoms with Gasteiger partial charge in [-0.05, 0) is 29.8 Å². The number of thioether (sulfide) groups is 1. The summed E-state index contributed by atoms with van der Waals surface area (Å²) in [6.45, 7) is 0. The molecule has 0 bridgehead atoms. The number of carboxylic acid groups (broad SMARTS) is 1. The Bertz CT molecular complexity index is 959. The van der Waals surface area contributed by atoms with Crippen LogP contribution in [0.4, 0.5) is 5.69 Å². The Morgan fingerprint density at radius 3 is 2.59 bits per heavy atom. The van der Waals surface area contributed by atoms with E-state index >= 15 is 0 Å². The lowest BCUT2D eigenvalue weighted by molar-refractivity contribution is -0.136. The molecule has 0 saturated heterocycles. The first-order chi connectivity index (χ1) is 13.0. The van der Waals surface area contributed by atoms with Crippen LogP contribution in [-0.2, 0) is 16.0 Å². The van der Waals surface area contributed by atoms with Gasteiger partial charge < -0.3 is 10.4 Å². The van der Waals surface area contributed by atoms with E-state index in [1.54, 1.807) is 30.3 Å². The molecule has 7 nitrogen and oxygen atoms in total. The topological polar surface area (TPSA) is 108 Å². The van der Waals surface area contributed by atoms with Crippen LogP contribution < -0.4 is 5.32 Å². The minimum Gasteiger partial charge on any atom is -0.481 e. The minimum absolute atomic E-state index is 0.0529. The van der Waals surface area contributed by atoms with Gasteiger partial charge in [0.1, 0.15) is 0 Å². The number of nitrogens with one attached hydrogen (secondary N) is 2. The summed E-state index contributed by atoms with van der Waals surface area (Å²) in [6.07, 6.45) is -0.0529. The van der Waals surface area contributed by atoms with Crippen LogP contribution in [0.15, 0.2) is 53.7 Å². The van der Waals surface area contributed by atoms with E-state index in [-0.39, 0.29) is 18.1 Å². The van der Waals surface area contributed by atoms with Gasteiger partial charge in [-0.15, -0.1) is 5.10 Å². The summed E-state index contributed by atoms with van der Waals surface area (Å²) >= 11 is 7.33. The largest absolute Gasteiger partial charge is 0.481 e. The summed E-state index contributed by atoms with van der Waals surface area (Å²) in [4.78, 5) is 27.1. The second kappa shape index (κ2) is 8.70. The van der Waals surface area contributed by atoms with Gasteiger partial charge >= 0.3 is 5.97 Å². The van der Waals surface area contributed by atoms with Crippen molar-refractivity contribution in [1.29, 1.82) is 0 Å². The lowest BCUT2D eigenvalue weighted by atomic mass is 10.1. The highest BCUT2D eigenvalue weighted by Crippen LogP contribution is 2.26. The first-order valence-corrected chi connectivity index (χ1v) is 9.28. The van der Waals surface area contributed by atoms with Gasteiger partial charge in [-0.2, -0.15) is 0 Å². The Kier molecular flexibility index (Phi) is 6.10. The lowest BCUT2D eigenvalue weighted by Gasteiger charge is -2.05. The molecule has 138 valence electrons. The van der Waals surface area contributed by atoms with E-state index in [4.69, 9.17) is 16.7 Å². The van der Waals surface area contributed by atoms with Gasteiger partial charge in [0.2, 0.25) is 11.1 Å². The molecule has 27 heavy (non-hydrogen) atoms. The van der Waals surface area contributed by atoms with E-state index in [1.165, 1.54) is 11.8 Å². The quantitative estimate of drug-likeness (QED) is 0.522. The number of amides is 1. The second-order valence-corrected chi connectivity index (χ2v) is 6.90. The Labute approximate surface area is 164 Å². The summed E-state index contributed by atoms with van der Waals surface area (Å²) in [6, 6.07) is 14.0. The summed E-state index contributed by atoms with van der Waals surface area (Å²) in [7, 11) is 0. The van der Waals surface area contributed by atoms with Crippen molar-refractivity contribution in [2.24, 2.45) is 0 Å². The van der Waals surface area contributed by atoms with E-state index in [1.807, 2.05) is 18.2 Å². The highest BCUT2D eigenvalue weighted by molar-refractivity contribution is 7.99. The average Bonchev–Trinajstić information content (AvgIpc) is 3.10. The average molecular weight is 403 g/mol. The van der Waals surface area contributed by atoms with Gasteiger partial charge in [0, 0.05) is 11.3 Å². The molecule has 0 saturated carbocycles. The number of rotatable bonds is 7. The van der Waals surface area contributed by atoms with E-state index < -0.39 is 5.97 Å². The van der Waals surface area contributed by atoms with Gasteiger partial charge in [-0.25, -0.2) is 4.98 Å². The van der Waals surface area contributed by atoms with Crippen LogP contribution in [0.25, 0.3) is 11.4 Å². The predicted molar refractivity (Wildman–Crippen MR) is 104 cm³/mol. The number of hydrogen-bond donors (Lipinski definition) is 3. The molecule has 1 amide bonds. The van der Waals surface area contributed by atoms with Crippen molar-refractivity contribution in [2.45, 2.75) is 11.6 Å². The van der Waals surface area contributed by atoms with E-state index in [0.29, 0.717) is 27.3 Å². The Morgan fingerprint density at radius 1 is 1.15 bits per heavy atom. The fraction of sp³-hybridized carbons (Fsp3) is 0.111. The highest BCUT2D eigenvalue weighted by Gasteiger charge is 2.11. The molecule has 0 radical (unpaired) electrons. The first-order valence-electron chi connectivity index (χ1n) is 7.92. The maximum Gasteiger partial charge on any atom is 0.307 e. The molecule has 0 atom stereocenters. The van der Waals surface area contributed by atoms with E-state index in [2.05, 4.69) is 20.5 Å². The number of benzene rings is 2. The number of H-pyrrole nitrogens is 1. The smallest absolute Gasteiger partial charge is 0.307 e. The summed E-state index contributed by atoms with van der Waals surface area (Å²) < 4.78 is 0. The number of carbonyl (C=O) groups excluding carboxylic acids is 1. The number of nitrogens with zero attached hydrogens (tertiary/aromatic N) is 2. The molecular formula is C18H15ClN4O3S. The van der Waals surface area contributed by atoms with Gasteiger partial charge in [-0.1, -0.05) is 47.6 Å². The van der Waals surface area contributed by atoms with Crippen LogP contribution in [0.1, 0.15) is 5.56 Å². The Balaban J connectivity index is 1.54. The molecule has 0 aliphatic heterocycles. The Morgan fingerprint density at radius 2 is 1.89 bits per heavy atom. The highest BCUT2D eigenvalue weighted by atomic mass is 35.5. The maximum absolute atomic E-state index is 12.1. The molecule has 3 rings (SSSR count). The minimum atomic E-state index is -0.897. The molecule has 3 N–H and O–H groups in total. The number of carbonyl (C=O) groups is 2. The fourth-order valence-corrected chi connectivity index (χ4v) is 3.12. The molecule has 0 aliphatic carbocycles. The zero-order valence-electron chi connectivity index (χ0n) is 14.0. The zero-order chi connectivity index (χ0) is 19.2. The molecule has 0 unspecified atom stereocenters. The first kappa shape index (κ1) is 18.9. The van der Waals surface area contributed by atoms with Crippen LogP contribution in [-0.4, -0.2) is 37.9 Å². The molecule has 9 heteroatoms. The summed E-state index contributed by atoms with van der Waals surface area (Å²) in [5.74, 6) is -0.435. The fourth-order valence-electron chi connectivity index (χ4n) is 2.29. The van der Waals surface area contributed by atoms with Crippen molar-refractivity contribution >= 4 is 40.9 Å². The van der Waals surface area contributed by atoms with Crippen LogP contribution in [0.2, 0.25) is 5.02 Å². The summed E-state index contributed by atoms with van der Waals surface area (Å²) in [5, 5.41) is 19.4. The van der Waals surface area contributed by atoms with Crippen molar-refractivity contribution in [2.75, 3.05) is 11.1 Å². The maximum atomic E-state index is 12.1. The molecule has 1 aromatic heterocycles. The van der Waals surface area contributed by atoms with E-state index in [0.717, 1.165) is 5.56 Å². The van der Waals surface area contributed by atoms with Crippen LogP contribution in [0.5, 0.6) is 0 Å². The monoisotopic (exact) mass is 402 g/mol. The SMILES string of the molecule is O=C(O)Cc1ccc(NC(=O)CSc2n[nH]c(-c3ccccc3Cl)n2)cc1. The predicted octanol–water partition coefficient (Wildman–Crippen LogP) is 3.48. The number of anilines is 1. The lowest BCUT2D eigenvalue weighted by Crippen LogP contribution is -2.14. The third-order valence-corrected chi connectivity index (χ3v) is 4.70. The number of aliphatic carboxylic acids is 1. The number of carboxylic acids is 1. The molecule has 0 aliphatic rings. The Hall–Kier alpha value is -2.84. The second-order valence-electron chi connectivity index (χ2n) is 5.55. The summed E-state index contributed by atoms with van der Waals surface area (Å²) in [5.41, 5.74) is 2.01. The normalized spacial score (nSPS) is 10.6. The van der Waals surface area contributed by atoms with Crippen LogP contribution >= 0.6 is 23.4 Å². The van der Waals surface area contributed by atoms with Gasteiger partial charge in [0.15, 0.2) is 5.82 Å². The number of aromatic nitrogens is 3. The molecule has 2 aromatic carbocycles.